The lowest BCUT2D eigenvalue weighted by Crippen LogP contribution is -2.65. The van der Waals surface area contributed by atoms with Crippen LogP contribution in [0, 0.1) is 17.3 Å². The third kappa shape index (κ3) is 6.58. The van der Waals surface area contributed by atoms with Gasteiger partial charge in [-0.2, -0.15) is 0 Å². The summed E-state index contributed by atoms with van der Waals surface area (Å²) in [6.45, 7) is 8.11. The third-order valence-corrected chi connectivity index (χ3v) is 12.0. The molecule has 0 aromatic heterocycles. The molecule has 6 atom stereocenters. The molecule has 0 unspecified atom stereocenters. The predicted octanol–water partition coefficient (Wildman–Crippen LogP) is 5.91. The van der Waals surface area contributed by atoms with Gasteiger partial charge in [-0.1, -0.05) is 50.6 Å². The first-order chi connectivity index (χ1) is 21.2. The number of rotatable bonds is 11. The van der Waals surface area contributed by atoms with Gasteiger partial charge < -0.3 is 25.3 Å². The minimum Gasteiger partial charge on any atom is -0.404 e. The van der Waals surface area contributed by atoms with Gasteiger partial charge in [-0.05, 0) is 111 Å². The van der Waals surface area contributed by atoms with Crippen LogP contribution < -0.4 is 11.1 Å². The average molecular weight is 654 g/mol. The molecule has 2 aliphatic heterocycles. The molecule has 2 aromatic rings. The third-order valence-electron chi connectivity index (χ3n) is 11.2. The molecule has 3 N–H and O–H groups in total. The van der Waals surface area contributed by atoms with Gasteiger partial charge in [0.2, 0.25) is 5.91 Å². The lowest BCUT2D eigenvalue weighted by atomic mass is 9.43. The fourth-order valence-electron chi connectivity index (χ4n) is 8.47. The zero-order valence-corrected chi connectivity index (χ0v) is 28.8. The Morgan fingerprint density at radius 1 is 1.13 bits per heavy atom. The monoisotopic (exact) mass is 653 g/mol. The molecule has 3 aliphatic carbocycles. The second-order valence-corrected chi connectivity index (χ2v) is 14.9. The van der Waals surface area contributed by atoms with Crippen LogP contribution in [0.4, 0.5) is 0 Å². The standard InChI is InChI=1S/C35H48BN3O4S.ClH/c1-34(2)26-21-29(34)35(3)30(22-26)42-36(43-35)31(16-7-8-17-37)38-32(40)27-14-10-18-39(27)33(41)25-13-9-11-23(20-25)19-24-12-5-6-15-28(24)44-4;/h5-6,9,11-13,15,20,26-27,29-31H,7-8,10,14,16-19,21-22,37H2,1-4H3,(H,38,40);1H/t26-,27-,29-,30+,31-,35-;/m0./s1. The smallest absolute Gasteiger partial charge is 0.404 e. The van der Waals surface area contributed by atoms with Crippen molar-refractivity contribution in [2.75, 3.05) is 19.3 Å². The van der Waals surface area contributed by atoms with E-state index in [9.17, 15) is 9.59 Å². The number of carbonyl (C=O) groups is 2. The predicted molar refractivity (Wildman–Crippen MR) is 184 cm³/mol. The molecule has 0 spiro atoms. The number of carbonyl (C=O) groups excluding carboxylic acids is 2. The summed E-state index contributed by atoms with van der Waals surface area (Å²) in [5, 5.41) is 3.30. The van der Waals surface area contributed by atoms with Crippen molar-refractivity contribution in [2.45, 2.75) is 101 Å². The van der Waals surface area contributed by atoms with Crippen LogP contribution in [0.3, 0.4) is 0 Å². The highest BCUT2D eigenvalue weighted by Crippen LogP contribution is 2.65. The van der Waals surface area contributed by atoms with Crippen LogP contribution in [-0.4, -0.2) is 66.9 Å². The summed E-state index contributed by atoms with van der Waals surface area (Å²) < 4.78 is 13.4. The molecule has 10 heteroatoms. The molecule has 2 bridgehead atoms. The summed E-state index contributed by atoms with van der Waals surface area (Å²) in [6.07, 6.45) is 9.03. The van der Waals surface area contributed by atoms with Crippen molar-refractivity contribution in [1.82, 2.24) is 10.2 Å². The van der Waals surface area contributed by atoms with E-state index in [4.69, 9.17) is 15.0 Å². The zero-order chi connectivity index (χ0) is 31.1. The molecule has 7 nitrogen and oxygen atoms in total. The van der Waals surface area contributed by atoms with Crippen molar-refractivity contribution in [1.29, 1.82) is 0 Å². The number of benzene rings is 2. The Morgan fingerprint density at radius 2 is 1.93 bits per heavy atom. The van der Waals surface area contributed by atoms with Crippen molar-refractivity contribution in [3.63, 3.8) is 0 Å². The van der Waals surface area contributed by atoms with Gasteiger partial charge in [0.1, 0.15) is 6.04 Å². The molecule has 45 heavy (non-hydrogen) atoms. The Kier molecular flexibility index (Phi) is 10.7. The molecule has 2 heterocycles. The van der Waals surface area contributed by atoms with Crippen molar-refractivity contribution in [3.8, 4) is 0 Å². The van der Waals surface area contributed by atoms with E-state index in [0.717, 1.165) is 44.1 Å². The lowest BCUT2D eigenvalue weighted by Gasteiger charge is -2.64. The maximum atomic E-state index is 13.9. The SMILES string of the molecule is CSc1ccccc1Cc1cccc(C(=O)N2CCC[C@H]2C(=O)N[C@@H](CCCCN)B2O[C@@H]3C[C@@H]4C[C@@H](C4(C)C)[C@]3(C)O2)c1.Cl. The van der Waals surface area contributed by atoms with E-state index < -0.39 is 13.2 Å². The minimum atomic E-state index is -0.508. The number of hydrogen-bond acceptors (Lipinski definition) is 6. The van der Waals surface area contributed by atoms with Crippen molar-refractivity contribution < 1.29 is 18.9 Å². The molecular formula is C35H49BClN3O4S. The van der Waals surface area contributed by atoms with Crippen LogP contribution >= 0.6 is 24.2 Å². The first kappa shape index (κ1) is 34.3. The Labute approximate surface area is 279 Å². The summed E-state index contributed by atoms with van der Waals surface area (Å²) in [7, 11) is -0.492. The van der Waals surface area contributed by atoms with E-state index >= 15 is 0 Å². The molecule has 0 radical (unpaired) electrons. The second-order valence-electron chi connectivity index (χ2n) is 14.1. The molecule has 2 aromatic carbocycles. The van der Waals surface area contributed by atoms with Gasteiger partial charge >= 0.3 is 7.12 Å². The molecule has 5 aliphatic rings. The highest BCUT2D eigenvalue weighted by Gasteiger charge is 2.68. The van der Waals surface area contributed by atoms with E-state index in [0.29, 0.717) is 36.9 Å². The quantitative estimate of drug-likeness (QED) is 0.178. The molecule has 244 valence electrons. The van der Waals surface area contributed by atoms with Gasteiger partial charge in [0.05, 0.1) is 17.6 Å². The Hall–Kier alpha value is -2.04. The number of thioether (sulfide) groups is 1. The number of amides is 2. The lowest BCUT2D eigenvalue weighted by molar-refractivity contribution is -0.199. The molecule has 7 rings (SSSR count). The molecule has 2 amide bonds. The number of hydrogen-bond donors (Lipinski definition) is 2. The van der Waals surface area contributed by atoms with Gasteiger partial charge in [-0.3, -0.25) is 9.59 Å². The van der Waals surface area contributed by atoms with E-state index in [1.165, 1.54) is 16.9 Å². The van der Waals surface area contributed by atoms with Crippen LogP contribution in [0.25, 0.3) is 0 Å². The topological polar surface area (TPSA) is 93.9 Å². The first-order valence-electron chi connectivity index (χ1n) is 16.5. The summed E-state index contributed by atoms with van der Waals surface area (Å²) in [4.78, 5) is 30.7. The van der Waals surface area contributed by atoms with Crippen molar-refractivity contribution in [3.05, 3.63) is 65.2 Å². The number of nitrogens with zero attached hydrogens (tertiary/aromatic N) is 1. The van der Waals surface area contributed by atoms with Crippen LogP contribution in [0.1, 0.15) is 87.2 Å². The summed E-state index contributed by atoms with van der Waals surface area (Å²) >= 11 is 1.73. The number of halogens is 1. The molecular weight excluding hydrogens is 605 g/mol. The Balaban J connectivity index is 0.00000400. The number of nitrogens with one attached hydrogen (secondary N) is 1. The Bertz CT molecular complexity index is 1380. The highest BCUT2D eigenvalue weighted by molar-refractivity contribution is 7.98. The second kappa shape index (κ2) is 14.0. The van der Waals surface area contributed by atoms with E-state index in [2.05, 4.69) is 62.7 Å². The number of nitrogens with two attached hydrogens (primary N) is 1. The average Bonchev–Trinajstić information content (AvgIpc) is 3.65. The van der Waals surface area contributed by atoms with Gasteiger partial charge in [0.25, 0.3) is 5.91 Å². The van der Waals surface area contributed by atoms with Crippen LogP contribution in [0.2, 0.25) is 0 Å². The number of unbranched alkanes of at least 4 members (excludes halogenated alkanes) is 1. The maximum absolute atomic E-state index is 13.9. The molecule has 3 saturated carbocycles. The van der Waals surface area contributed by atoms with Gasteiger partial charge in [-0.15, -0.1) is 24.2 Å². The summed E-state index contributed by atoms with van der Waals surface area (Å²) in [5.74, 6) is 0.632. The fourth-order valence-corrected chi connectivity index (χ4v) is 9.08. The normalized spacial score (nSPS) is 28.6. The van der Waals surface area contributed by atoms with Gasteiger partial charge in [0, 0.05) is 17.0 Å². The Morgan fingerprint density at radius 3 is 2.69 bits per heavy atom. The summed E-state index contributed by atoms with van der Waals surface area (Å²) in [6, 6.07) is 15.7. The molecule has 5 fully saturated rings. The van der Waals surface area contributed by atoms with Gasteiger partial charge in [0.15, 0.2) is 0 Å². The first-order valence-corrected chi connectivity index (χ1v) is 17.7. The van der Waals surface area contributed by atoms with Crippen molar-refractivity contribution >= 4 is 43.1 Å². The minimum absolute atomic E-state index is 0. The van der Waals surface area contributed by atoms with Crippen LogP contribution in [0.5, 0.6) is 0 Å². The summed E-state index contributed by atoms with van der Waals surface area (Å²) in [5.41, 5.74) is 8.70. The van der Waals surface area contributed by atoms with Crippen LogP contribution in [0.15, 0.2) is 53.4 Å². The number of likely N-dealkylation sites (tertiary alicyclic amines) is 1. The van der Waals surface area contributed by atoms with E-state index in [1.807, 2.05) is 18.2 Å². The van der Waals surface area contributed by atoms with E-state index in [-0.39, 0.29) is 47.3 Å². The molecule has 2 saturated heterocycles. The fraction of sp³-hybridized carbons (Fsp3) is 0.600. The van der Waals surface area contributed by atoms with Crippen LogP contribution in [-0.2, 0) is 20.5 Å². The largest absolute Gasteiger partial charge is 0.481 e. The zero-order valence-electron chi connectivity index (χ0n) is 27.1. The maximum Gasteiger partial charge on any atom is 0.481 e. The van der Waals surface area contributed by atoms with E-state index in [1.54, 1.807) is 16.7 Å². The van der Waals surface area contributed by atoms with Gasteiger partial charge in [-0.25, -0.2) is 0 Å². The van der Waals surface area contributed by atoms with Crippen molar-refractivity contribution in [2.24, 2.45) is 23.0 Å². The highest BCUT2D eigenvalue weighted by atomic mass is 35.5.